The molecule has 1 unspecified atom stereocenters. The first kappa shape index (κ1) is 8.97. The van der Waals surface area contributed by atoms with E-state index in [1.807, 2.05) is 0 Å². The Morgan fingerprint density at radius 2 is 2.31 bits per heavy atom. The van der Waals surface area contributed by atoms with E-state index in [1.54, 1.807) is 0 Å². The third-order valence-corrected chi connectivity index (χ3v) is 3.13. The monoisotopic (exact) mass is 183 g/mol. The molecular formula is C9H17N3O. The number of nitrogens with one attached hydrogen (secondary N) is 1. The molecule has 0 bridgehead atoms. The standard InChI is InChI=1S/C9H17N3O/c10-9(13)8-2-1-5-12(8)7-3-4-11-6-7/h7-8,11H,1-6H2,(H2,10,13)/t7-,8?/m1/s1. The maximum atomic E-state index is 11.1. The number of amides is 1. The van der Waals surface area contributed by atoms with Crippen LogP contribution in [-0.4, -0.2) is 42.5 Å². The van der Waals surface area contributed by atoms with E-state index < -0.39 is 0 Å². The summed E-state index contributed by atoms with van der Waals surface area (Å²) in [6, 6.07) is 0.546. The van der Waals surface area contributed by atoms with Gasteiger partial charge in [-0.2, -0.15) is 0 Å². The van der Waals surface area contributed by atoms with Crippen molar-refractivity contribution in [1.29, 1.82) is 0 Å². The van der Waals surface area contributed by atoms with Gasteiger partial charge in [0.1, 0.15) is 0 Å². The van der Waals surface area contributed by atoms with Gasteiger partial charge in [0.05, 0.1) is 6.04 Å². The lowest BCUT2D eigenvalue weighted by atomic mass is 10.1. The molecule has 1 amide bonds. The van der Waals surface area contributed by atoms with Crippen LogP contribution in [0.5, 0.6) is 0 Å². The first-order valence-corrected chi connectivity index (χ1v) is 5.05. The van der Waals surface area contributed by atoms with Gasteiger partial charge in [0.15, 0.2) is 0 Å². The highest BCUT2D eigenvalue weighted by Crippen LogP contribution is 2.22. The van der Waals surface area contributed by atoms with E-state index in [1.165, 1.54) is 0 Å². The Morgan fingerprint density at radius 3 is 2.92 bits per heavy atom. The molecule has 0 aromatic carbocycles. The van der Waals surface area contributed by atoms with E-state index in [0.29, 0.717) is 6.04 Å². The molecule has 13 heavy (non-hydrogen) atoms. The molecule has 2 aliphatic heterocycles. The molecule has 0 saturated carbocycles. The lowest BCUT2D eigenvalue weighted by molar-refractivity contribution is -0.122. The predicted molar refractivity (Wildman–Crippen MR) is 50.2 cm³/mol. The van der Waals surface area contributed by atoms with Crippen LogP contribution in [0.15, 0.2) is 0 Å². The van der Waals surface area contributed by atoms with Crippen molar-refractivity contribution < 1.29 is 4.79 Å². The van der Waals surface area contributed by atoms with Crippen LogP contribution in [0.25, 0.3) is 0 Å². The van der Waals surface area contributed by atoms with E-state index in [-0.39, 0.29) is 11.9 Å². The number of nitrogens with two attached hydrogens (primary N) is 1. The fourth-order valence-corrected chi connectivity index (χ4v) is 2.45. The third kappa shape index (κ3) is 1.69. The molecule has 2 aliphatic rings. The number of likely N-dealkylation sites (tertiary alicyclic amines) is 1. The minimum atomic E-state index is -0.149. The summed E-state index contributed by atoms with van der Waals surface area (Å²) >= 11 is 0. The number of nitrogens with zero attached hydrogens (tertiary/aromatic N) is 1. The summed E-state index contributed by atoms with van der Waals surface area (Å²) in [5, 5.41) is 3.31. The zero-order valence-electron chi connectivity index (χ0n) is 7.83. The summed E-state index contributed by atoms with van der Waals surface area (Å²) in [6.45, 7) is 3.14. The summed E-state index contributed by atoms with van der Waals surface area (Å²) in [5.41, 5.74) is 5.35. The van der Waals surface area contributed by atoms with E-state index >= 15 is 0 Å². The van der Waals surface area contributed by atoms with Gasteiger partial charge in [-0.3, -0.25) is 9.69 Å². The number of rotatable bonds is 2. The molecule has 0 aromatic rings. The average molecular weight is 183 g/mol. The first-order valence-electron chi connectivity index (χ1n) is 5.05. The summed E-state index contributed by atoms with van der Waals surface area (Å²) in [4.78, 5) is 13.4. The van der Waals surface area contributed by atoms with Gasteiger partial charge >= 0.3 is 0 Å². The molecule has 2 saturated heterocycles. The second kappa shape index (κ2) is 3.64. The van der Waals surface area contributed by atoms with Crippen LogP contribution in [0.2, 0.25) is 0 Å². The predicted octanol–water partition coefficient (Wildman–Crippen LogP) is -0.702. The van der Waals surface area contributed by atoms with Crippen molar-refractivity contribution in [3.8, 4) is 0 Å². The van der Waals surface area contributed by atoms with Crippen LogP contribution in [0.1, 0.15) is 19.3 Å². The molecule has 4 heteroatoms. The van der Waals surface area contributed by atoms with E-state index in [9.17, 15) is 4.79 Å². The fraction of sp³-hybridized carbons (Fsp3) is 0.889. The highest BCUT2D eigenvalue weighted by atomic mass is 16.1. The maximum absolute atomic E-state index is 11.1. The van der Waals surface area contributed by atoms with Crippen LogP contribution in [0.3, 0.4) is 0 Å². The van der Waals surface area contributed by atoms with Crippen LogP contribution in [-0.2, 0) is 4.79 Å². The van der Waals surface area contributed by atoms with Gasteiger partial charge in [0.25, 0.3) is 0 Å². The van der Waals surface area contributed by atoms with Crippen molar-refractivity contribution in [2.75, 3.05) is 19.6 Å². The van der Waals surface area contributed by atoms with E-state index in [2.05, 4.69) is 10.2 Å². The molecule has 0 radical (unpaired) electrons. The summed E-state index contributed by atoms with van der Waals surface area (Å²) in [6.07, 6.45) is 3.22. The molecule has 74 valence electrons. The van der Waals surface area contributed by atoms with Gasteiger partial charge in [-0.05, 0) is 32.4 Å². The third-order valence-electron chi connectivity index (χ3n) is 3.13. The Hall–Kier alpha value is -0.610. The quantitative estimate of drug-likeness (QED) is 0.595. The molecule has 2 atom stereocenters. The van der Waals surface area contributed by atoms with E-state index in [4.69, 9.17) is 5.73 Å². The highest BCUT2D eigenvalue weighted by Gasteiger charge is 2.34. The molecular weight excluding hydrogens is 166 g/mol. The van der Waals surface area contributed by atoms with Gasteiger partial charge in [-0.1, -0.05) is 0 Å². The fourth-order valence-electron chi connectivity index (χ4n) is 2.45. The highest BCUT2D eigenvalue weighted by molar-refractivity contribution is 5.80. The zero-order chi connectivity index (χ0) is 9.26. The summed E-state index contributed by atoms with van der Waals surface area (Å²) in [5.74, 6) is -0.149. The second-order valence-corrected chi connectivity index (χ2v) is 3.94. The van der Waals surface area contributed by atoms with Crippen molar-refractivity contribution >= 4 is 5.91 Å². The first-order chi connectivity index (χ1) is 6.29. The average Bonchev–Trinajstić information content (AvgIpc) is 2.74. The maximum Gasteiger partial charge on any atom is 0.234 e. The lowest BCUT2D eigenvalue weighted by Crippen LogP contribution is -2.46. The molecule has 2 heterocycles. The lowest BCUT2D eigenvalue weighted by Gasteiger charge is -2.27. The molecule has 0 aromatic heterocycles. The topological polar surface area (TPSA) is 58.4 Å². The smallest absolute Gasteiger partial charge is 0.234 e. The summed E-state index contributed by atoms with van der Waals surface area (Å²) < 4.78 is 0. The Labute approximate surface area is 78.5 Å². The van der Waals surface area contributed by atoms with Crippen molar-refractivity contribution in [3.05, 3.63) is 0 Å². The number of carbonyl (C=O) groups excluding carboxylic acids is 1. The van der Waals surface area contributed by atoms with Gasteiger partial charge in [-0.25, -0.2) is 0 Å². The van der Waals surface area contributed by atoms with Gasteiger partial charge in [-0.15, -0.1) is 0 Å². The minimum Gasteiger partial charge on any atom is -0.368 e. The van der Waals surface area contributed by atoms with Crippen molar-refractivity contribution in [2.24, 2.45) is 5.73 Å². The van der Waals surface area contributed by atoms with Gasteiger partial charge < -0.3 is 11.1 Å². The second-order valence-electron chi connectivity index (χ2n) is 3.94. The van der Waals surface area contributed by atoms with Gasteiger partial charge in [0, 0.05) is 12.6 Å². The van der Waals surface area contributed by atoms with Crippen LogP contribution in [0.4, 0.5) is 0 Å². The van der Waals surface area contributed by atoms with Crippen molar-refractivity contribution in [1.82, 2.24) is 10.2 Å². The van der Waals surface area contributed by atoms with Crippen LogP contribution < -0.4 is 11.1 Å². The van der Waals surface area contributed by atoms with Crippen molar-refractivity contribution in [3.63, 3.8) is 0 Å². The normalized spacial score (nSPS) is 35.4. The number of carbonyl (C=O) groups is 1. The van der Waals surface area contributed by atoms with Crippen LogP contribution in [0, 0.1) is 0 Å². The Bertz CT molecular complexity index is 201. The molecule has 2 fully saturated rings. The van der Waals surface area contributed by atoms with E-state index in [0.717, 1.165) is 38.9 Å². The largest absolute Gasteiger partial charge is 0.368 e. The Morgan fingerprint density at radius 1 is 1.46 bits per heavy atom. The molecule has 0 aliphatic carbocycles. The molecule has 4 nitrogen and oxygen atoms in total. The molecule has 2 rings (SSSR count). The molecule has 3 N–H and O–H groups in total. The SMILES string of the molecule is NC(=O)C1CCCN1[C@@H]1CCNC1. The minimum absolute atomic E-state index is 0.00454. The number of hydrogen-bond acceptors (Lipinski definition) is 3. The van der Waals surface area contributed by atoms with Gasteiger partial charge in [0.2, 0.25) is 5.91 Å². The Balaban J connectivity index is 2.00. The Kier molecular flexibility index (Phi) is 2.51. The number of primary amides is 1. The summed E-state index contributed by atoms with van der Waals surface area (Å²) in [7, 11) is 0. The van der Waals surface area contributed by atoms with Crippen molar-refractivity contribution in [2.45, 2.75) is 31.3 Å². The van der Waals surface area contributed by atoms with Crippen LogP contribution >= 0.6 is 0 Å². The zero-order valence-corrected chi connectivity index (χ0v) is 7.83. The number of hydrogen-bond donors (Lipinski definition) is 2. The molecule has 0 spiro atoms.